The van der Waals surface area contributed by atoms with E-state index in [1.165, 1.54) is 17.0 Å². The molecule has 0 bridgehead atoms. The maximum Gasteiger partial charge on any atom is 0.416 e. The van der Waals surface area contributed by atoms with Crippen LogP contribution in [0, 0.1) is 0 Å². The number of amides is 2. The zero-order chi connectivity index (χ0) is 22.7. The summed E-state index contributed by atoms with van der Waals surface area (Å²) < 4.78 is 43.2. The van der Waals surface area contributed by atoms with Crippen LogP contribution in [0.3, 0.4) is 0 Å². The summed E-state index contributed by atoms with van der Waals surface area (Å²) in [6.45, 7) is 7.15. The van der Waals surface area contributed by atoms with E-state index < -0.39 is 47.1 Å². The molecule has 7 nitrogen and oxygen atoms in total. The topological polar surface area (TPSA) is 87.7 Å². The van der Waals surface area contributed by atoms with Gasteiger partial charge in [-0.3, -0.25) is 14.9 Å². The molecule has 1 aromatic rings. The lowest BCUT2D eigenvalue weighted by molar-refractivity contribution is -0.150. The molecule has 10 heteroatoms. The van der Waals surface area contributed by atoms with E-state index in [2.05, 4.69) is 10.6 Å². The zero-order valence-corrected chi connectivity index (χ0v) is 17.3. The Morgan fingerprint density at radius 1 is 1.20 bits per heavy atom. The van der Waals surface area contributed by atoms with Crippen LogP contribution in [0.15, 0.2) is 24.3 Å². The smallest absolute Gasteiger partial charge is 0.416 e. The van der Waals surface area contributed by atoms with Gasteiger partial charge in [-0.1, -0.05) is 0 Å². The summed E-state index contributed by atoms with van der Waals surface area (Å²) in [4.78, 5) is 38.9. The van der Waals surface area contributed by atoms with Crippen molar-refractivity contribution >= 4 is 23.5 Å². The largest absolute Gasteiger partial charge is 0.464 e. The van der Waals surface area contributed by atoms with Crippen molar-refractivity contribution in [3.05, 3.63) is 29.8 Å². The molecule has 0 aliphatic carbocycles. The molecule has 1 aromatic carbocycles. The van der Waals surface area contributed by atoms with Crippen molar-refractivity contribution in [1.29, 1.82) is 0 Å². The van der Waals surface area contributed by atoms with Crippen molar-refractivity contribution < 1.29 is 32.3 Å². The molecule has 166 valence electrons. The number of ether oxygens (including phenoxy) is 1. The van der Waals surface area contributed by atoms with Crippen LogP contribution >= 0.6 is 0 Å². The number of nitrogens with zero attached hydrogens (tertiary/aromatic N) is 1. The van der Waals surface area contributed by atoms with E-state index in [1.54, 1.807) is 27.7 Å². The minimum atomic E-state index is -4.47. The van der Waals surface area contributed by atoms with Crippen LogP contribution in [-0.2, 0) is 25.3 Å². The lowest BCUT2D eigenvalue weighted by Crippen LogP contribution is -2.58. The predicted octanol–water partition coefficient (Wildman–Crippen LogP) is 2.25. The van der Waals surface area contributed by atoms with Gasteiger partial charge in [0.15, 0.2) is 6.04 Å². The molecular formula is C20H26F3N3O4. The molecule has 30 heavy (non-hydrogen) atoms. The number of hydrogen-bond acceptors (Lipinski definition) is 5. The van der Waals surface area contributed by atoms with Crippen molar-refractivity contribution in [3.63, 3.8) is 0 Å². The highest BCUT2D eigenvalue weighted by molar-refractivity contribution is 6.04. The number of hydrogen-bond donors (Lipinski definition) is 2. The van der Waals surface area contributed by atoms with Gasteiger partial charge in [0.25, 0.3) is 0 Å². The molecule has 2 unspecified atom stereocenters. The van der Waals surface area contributed by atoms with E-state index in [0.717, 1.165) is 12.1 Å². The Balaban J connectivity index is 2.14. The highest BCUT2D eigenvalue weighted by atomic mass is 19.4. The minimum absolute atomic E-state index is 0.0656. The number of alkyl halides is 3. The second-order valence-electron chi connectivity index (χ2n) is 7.97. The molecule has 1 saturated heterocycles. The molecule has 0 radical (unpaired) electrons. The van der Waals surface area contributed by atoms with Gasteiger partial charge in [-0.15, -0.1) is 0 Å². The van der Waals surface area contributed by atoms with Crippen LogP contribution in [0.4, 0.5) is 18.9 Å². The Kier molecular flexibility index (Phi) is 7.12. The van der Waals surface area contributed by atoms with E-state index >= 15 is 0 Å². The van der Waals surface area contributed by atoms with Gasteiger partial charge in [-0.25, -0.2) is 4.79 Å². The van der Waals surface area contributed by atoms with Crippen LogP contribution in [0.5, 0.6) is 0 Å². The Morgan fingerprint density at radius 3 is 2.30 bits per heavy atom. The first-order valence-electron chi connectivity index (χ1n) is 9.57. The van der Waals surface area contributed by atoms with E-state index in [-0.39, 0.29) is 19.6 Å². The highest BCUT2D eigenvalue weighted by Gasteiger charge is 2.39. The monoisotopic (exact) mass is 429 g/mol. The molecule has 1 fully saturated rings. The lowest BCUT2D eigenvalue weighted by Gasteiger charge is -2.26. The number of nitrogens with one attached hydrogen (secondary N) is 2. The van der Waals surface area contributed by atoms with Crippen LogP contribution in [-0.4, -0.2) is 48.6 Å². The first kappa shape index (κ1) is 23.7. The van der Waals surface area contributed by atoms with E-state index in [9.17, 15) is 27.6 Å². The summed E-state index contributed by atoms with van der Waals surface area (Å²) in [5.41, 5.74) is -1.10. The summed E-state index contributed by atoms with van der Waals surface area (Å²) in [6.07, 6.45) is -4.19. The van der Waals surface area contributed by atoms with E-state index in [0.29, 0.717) is 5.69 Å². The standard InChI is InChI=1S/C20H26F3N3O4/c1-5-30-18(29)15(16(27)25-19(2,3)4)24-14-10-11-26(17(14)28)13-8-6-12(7-9-13)20(21,22)23/h6-9,14-15,24H,5,10-11H2,1-4H3,(H,25,27). The fraction of sp³-hybridized carbons (Fsp3) is 0.550. The van der Waals surface area contributed by atoms with Gasteiger partial charge in [-0.2, -0.15) is 13.2 Å². The van der Waals surface area contributed by atoms with Gasteiger partial charge in [0.05, 0.1) is 18.2 Å². The SMILES string of the molecule is CCOC(=O)C(NC1CCN(c2ccc(C(F)(F)F)cc2)C1=O)C(=O)NC(C)(C)C. The molecule has 0 saturated carbocycles. The van der Waals surface area contributed by atoms with Crippen molar-refractivity contribution in [2.75, 3.05) is 18.1 Å². The van der Waals surface area contributed by atoms with E-state index in [4.69, 9.17) is 4.74 Å². The number of halogens is 3. The third-order valence-electron chi connectivity index (χ3n) is 4.36. The molecule has 0 aromatic heterocycles. The Morgan fingerprint density at radius 2 is 1.80 bits per heavy atom. The minimum Gasteiger partial charge on any atom is -0.464 e. The average molecular weight is 429 g/mol. The van der Waals surface area contributed by atoms with Crippen LogP contribution < -0.4 is 15.5 Å². The number of esters is 1. The average Bonchev–Trinajstić information content (AvgIpc) is 2.98. The number of carbonyl (C=O) groups is 3. The summed E-state index contributed by atoms with van der Waals surface area (Å²) in [6, 6.07) is 2.01. The van der Waals surface area contributed by atoms with Gasteiger partial charge in [0.1, 0.15) is 0 Å². The maximum atomic E-state index is 12.8. The molecule has 2 atom stereocenters. The van der Waals surface area contributed by atoms with Crippen LogP contribution in [0.1, 0.15) is 39.7 Å². The molecule has 1 aliphatic rings. The first-order valence-corrected chi connectivity index (χ1v) is 9.57. The van der Waals surface area contributed by atoms with Crippen molar-refractivity contribution in [2.24, 2.45) is 0 Å². The zero-order valence-electron chi connectivity index (χ0n) is 17.3. The highest BCUT2D eigenvalue weighted by Crippen LogP contribution is 2.31. The second kappa shape index (κ2) is 9.03. The van der Waals surface area contributed by atoms with Gasteiger partial charge < -0.3 is 15.0 Å². The quantitative estimate of drug-likeness (QED) is 0.535. The predicted molar refractivity (Wildman–Crippen MR) is 104 cm³/mol. The maximum absolute atomic E-state index is 12.8. The first-order chi connectivity index (χ1) is 13.8. The lowest BCUT2D eigenvalue weighted by atomic mass is 10.1. The van der Waals surface area contributed by atoms with Gasteiger partial charge >= 0.3 is 12.1 Å². The molecule has 2 amide bonds. The van der Waals surface area contributed by atoms with Crippen LogP contribution in [0.2, 0.25) is 0 Å². The Labute approximate surface area is 172 Å². The number of rotatable bonds is 6. The third-order valence-corrected chi connectivity index (χ3v) is 4.36. The molecule has 1 heterocycles. The van der Waals surface area contributed by atoms with Crippen LogP contribution in [0.25, 0.3) is 0 Å². The Hall–Kier alpha value is -2.62. The molecule has 2 rings (SSSR count). The van der Waals surface area contributed by atoms with Crippen molar-refractivity contribution in [3.8, 4) is 0 Å². The van der Waals surface area contributed by atoms with E-state index in [1.807, 2.05) is 0 Å². The molecule has 1 aliphatic heterocycles. The second-order valence-corrected chi connectivity index (χ2v) is 7.97. The molecule has 0 spiro atoms. The van der Waals surface area contributed by atoms with Crippen molar-refractivity contribution in [2.45, 2.75) is 57.9 Å². The normalized spacial score (nSPS) is 18.3. The molecule has 2 N–H and O–H groups in total. The number of benzene rings is 1. The summed E-state index contributed by atoms with van der Waals surface area (Å²) in [5, 5.41) is 5.43. The van der Waals surface area contributed by atoms with Gasteiger partial charge in [0, 0.05) is 17.8 Å². The third kappa shape index (κ3) is 5.94. The van der Waals surface area contributed by atoms with Gasteiger partial charge in [-0.05, 0) is 58.4 Å². The summed E-state index contributed by atoms with van der Waals surface area (Å²) in [7, 11) is 0. The number of anilines is 1. The summed E-state index contributed by atoms with van der Waals surface area (Å²) in [5.74, 6) is -1.87. The van der Waals surface area contributed by atoms with Crippen molar-refractivity contribution in [1.82, 2.24) is 10.6 Å². The molecular weight excluding hydrogens is 403 g/mol. The fourth-order valence-electron chi connectivity index (χ4n) is 3.04. The van der Waals surface area contributed by atoms with Gasteiger partial charge in [0.2, 0.25) is 11.8 Å². The number of carbonyl (C=O) groups excluding carboxylic acids is 3. The summed E-state index contributed by atoms with van der Waals surface area (Å²) >= 11 is 0. The fourth-order valence-corrected chi connectivity index (χ4v) is 3.04. The Bertz CT molecular complexity index is 788.